The van der Waals surface area contributed by atoms with Gasteiger partial charge in [0.25, 0.3) is 5.91 Å². The molecule has 1 fully saturated rings. The van der Waals surface area contributed by atoms with Gasteiger partial charge in [-0.25, -0.2) is 4.68 Å². The number of aryl methyl sites for hydroxylation is 1. The van der Waals surface area contributed by atoms with Crippen LogP contribution in [0, 0.1) is 0 Å². The quantitative estimate of drug-likeness (QED) is 0.710. The summed E-state index contributed by atoms with van der Waals surface area (Å²) in [6, 6.07) is 16.1. The van der Waals surface area contributed by atoms with Crippen molar-refractivity contribution >= 4 is 11.7 Å². The van der Waals surface area contributed by atoms with E-state index in [1.165, 1.54) is 6.42 Å². The van der Waals surface area contributed by atoms with Gasteiger partial charge in [0, 0.05) is 30.9 Å². The Bertz CT molecular complexity index is 937. The maximum atomic E-state index is 12.7. The molecule has 0 saturated carbocycles. The van der Waals surface area contributed by atoms with Gasteiger partial charge in [0.05, 0.1) is 17.9 Å². The van der Waals surface area contributed by atoms with Gasteiger partial charge < -0.3 is 5.32 Å². The van der Waals surface area contributed by atoms with Crippen LogP contribution >= 0.6 is 0 Å². The summed E-state index contributed by atoms with van der Waals surface area (Å²) in [5, 5.41) is 7.15. The molecule has 3 heterocycles. The molecule has 3 aromatic rings. The summed E-state index contributed by atoms with van der Waals surface area (Å²) >= 11 is 0. The Labute approximate surface area is 165 Å². The van der Waals surface area contributed by atoms with Crippen LogP contribution in [0.1, 0.15) is 47.4 Å². The molecule has 1 aliphatic rings. The number of likely N-dealkylation sites (tertiary alicyclic amines) is 1. The van der Waals surface area contributed by atoms with Crippen LogP contribution in [0.5, 0.6) is 0 Å². The number of aromatic nitrogens is 3. The molecule has 1 aromatic carbocycles. The summed E-state index contributed by atoms with van der Waals surface area (Å²) in [4.78, 5) is 19.7. The first kappa shape index (κ1) is 18.4. The minimum atomic E-state index is -0.111. The summed E-state index contributed by atoms with van der Waals surface area (Å²) in [5.74, 6) is 0.604. The molecule has 0 aliphatic carbocycles. The van der Waals surface area contributed by atoms with Crippen molar-refractivity contribution in [3.63, 3.8) is 0 Å². The zero-order valence-corrected chi connectivity index (χ0v) is 16.1. The molecule has 6 heteroatoms. The maximum Gasteiger partial charge on any atom is 0.256 e. The first-order chi connectivity index (χ1) is 13.7. The van der Waals surface area contributed by atoms with Crippen LogP contribution in [0.3, 0.4) is 0 Å². The molecule has 6 nitrogen and oxygen atoms in total. The summed E-state index contributed by atoms with van der Waals surface area (Å²) in [6.07, 6.45) is 5.85. The first-order valence-electron chi connectivity index (χ1n) is 9.81. The SMILES string of the molecule is CCn1nccc1NC(=O)c1cccc(CN2CCC[C@@H]2c2ccccn2)c1. The van der Waals surface area contributed by atoms with Gasteiger partial charge in [0.1, 0.15) is 5.82 Å². The predicted octanol–water partition coefficient (Wildman–Crippen LogP) is 3.89. The smallest absolute Gasteiger partial charge is 0.256 e. The van der Waals surface area contributed by atoms with Crippen LogP contribution < -0.4 is 5.32 Å². The fraction of sp³-hybridized carbons (Fsp3) is 0.318. The lowest BCUT2D eigenvalue weighted by atomic mass is 10.1. The molecule has 1 amide bonds. The molecule has 4 rings (SSSR count). The van der Waals surface area contributed by atoms with Crippen LogP contribution in [-0.2, 0) is 13.1 Å². The Hall–Kier alpha value is -2.99. The second-order valence-electron chi connectivity index (χ2n) is 7.07. The summed E-state index contributed by atoms with van der Waals surface area (Å²) in [5.41, 5.74) is 2.93. The Morgan fingerprint density at radius 2 is 2.11 bits per heavy atom. The lowest BCUT2D eigenvalue weighted by Gasteiger charge is -2.24. The lowest BCUT2D eigenvalue weighted by Crippen LogP contribution is -2.23. The highest BCUT2D eigenvalue weighted by Crippen LogP contribution is 2.32. The number of rotatable bonds is 6. The van der Waals surface area contributed by atoms with Gasteiger partial charge in [-0.3, -0.25) is 14.7 Å². The number of benzene rings is 1. The molecule has 0 bridgehead atoms. The maximum absolute atomic E-state index is 12.7. The summed E-state index contributed by atoms with van der Waals surface area (Å²) in [6.45, 7) is 4.58. The van der Waals surface area contributed by atoms with E-state index in [1.807, 2.05) is 49.5 Å². The van der Waals surface area contributed by atoms with Crippen LogP contribution in [0.25, 0.3) is 0 Å². The molecule has 0 unspecified atom stereocenters. The van der Waals surface area contributed by atoms with E-state index in [0.29, 0.717) is 24.0 Å². The second kappa shape index (κ2) is 8.35. The van der Waals surface area contributed by atoms with E-state index < -0.39 is 0 Å². The fourth-order valence-electron chi connectivity index (χ4n) is 3.85. The lowest BCUT2D eigenvalue weighted by molar-refractivity contribution is 0.102. The van der Waals surface area contributed by atoms with E-state index in [4.69, 9.17) is 0 Å². The number of nitrogens with one attached hydrogen (secondary N) is 1. The highest BCUT2D eigenvalue weighted by molar-refractivity contribution is 6.03. The van der Waals surface area contributed by atoms with Crippen molar-refractivity contribution in [2.75, 3.05) is 11.9 Å². The van der Waals surface area contributed by atoms with Crippen LogP contribution in [-0.4, -0.2) is 32.1 Å². The number of anilines is 1. The monoisotopic (exact) mass is 375 g/mol. The average molecular weight is 375 g/mol. The number of pyridine rings is 1. The Morgan fingerprint density at radius 1 is 1.18 bits per heavy atom. The molecule has 2 aromatic heterocycles. The van der Waals surface area contributed by atoms with Crippen molar-refractivity contribution in [1.29, 1.82) is 0 Å². The van der Waals surface area contributed by atoms with Gasteiger partial charge in [0.2, 0.25) is 0 Å². The zero-order chi connectivity index (χ0) is 19.3. The average Bonchev–Trinajstić information content (AvgIpc) is 3.38. The Balaban J connectivity index is 1.47. The van der Waals surface area contributed by atoms with Gasteiger partial charge in [0.15, 0.2) is 0 Å². The van der Waals surface area contributed by atoms with Crippen molar-refractivity contribution in [1.82, 2.24) is 19.7 Å². The van der Waals surface area contributed by atoms with Gasteiger partial charge in [-0.15, -0.1) is 0 Å². The van der Waals surface area contributed by atoms with Crippen molar-refractivity contribution in [2.45, 2.75) is 38.9 Å². The molecular weight excluding hydrogens is 350 g/mol. The molecule has 1 N–H and O–H groups in total. The topological polar surface area (TPSA) is 63.1 Å². The predicted molar refractivity (Wildman–Crippen MR) is 109 cm³/mol. The minimum Gasteiger partial charge on any atom is -0.307 e. The van der Waals surface area contributed by atoms with Crippen molar-refractivity contribution in [2.24, 2.45) is 0 Å². The van der Waals surface area contributed by atoms with Crippen LogP contribution in [0.2, 0.25) is 0 Å². The highest BCUT2D eigenvalue weighted by Gasteiger charge is 2.26. The minimum absolute atomic E-state index is 0.111. The van der Waals surface area contributed by atoms with E-state index in [1.54, 1.807) is 10.9 Å². The molecule has 1 atom stereocenters. The number of nitrogens with zero attached hydrogens (tertiary/aromatic N) is 4. The van der Waals surface area contributed by atoms with Crippen molar-refractivity contribution in [3.8, 4) is 0 Å². The molecule has 144 valence electrons. The van der Waals surface area contributed by atoms with Crippen LogP contribution in [0.15, 0.2) is 60.9 Å². The van der Waals surface area contributed by atoms with E-state index in [0.717, 1.165) is 30.8 Å². The van der Waals surface area contributed by atoms with Gasteiger partial charge in [-0.2, -0.15) is 5.10 Å². The van der Waals surface area contributed by atoms with Gasteiger partial charge in [-0.1, -0.05) is 18.2 Å². The molecule has 1 saturated heterocycles. The summed E-state index contributed by atoms with van der Waals surface area (Å²) < 4.78 is 1.77. The largest absolute Gasteiger partial charge is 0.307 e. The third-order valence-electron chi connectivity index (χ3n) is 5.23. The third kappa shape index (κ3) is 3.97. The van der Waals surface area contributed by atoms with E-state index in [2.05, 4.69) is 32.4 Å². The Kier molecular flexibility index (Phi) is 5.48. The van der Waals surface area contributed by atoms with Crippen LogP contribution in [0.4, 0.5) is 5.82 Å². The molecule has 1 aliphatic heterocycles. The number of hydrogen-bond acceptors (Lipinski definition) is 4. The normalized spacial score (nSPS) is 17.0. The van der Waals surface area contributed by atoms with E-state index in [9.17, 15) is 4.79 Å². The highest BCUT2D eigenvalue weighted by atomic mass is 16.1. The second-order valence-corrected chi connectivity index (χ2v) is 7.07. The third-order valence-corrected chi connectivity index (χ3v) is 5.23. The fourth-order valence-corrected chi connectivity index (χ4v) is 3.85. The number of amides is 1. The van der Waals surface area contributed by atoms with Crippen molar-refractivity contribution in [3.05, 3.63) is 77.7 Å². The van der Waals surface area contributed by atoms with Crippen molar-refractivity contribution < 1.29 is 4.79 Å². The number of hydrogen-bond donors (Lipinski definition) is 1. The van der Waals surface area contributed by atoms with E-state index >= 15 is 0 Å². The molecule has 0 spiro atoms. The number of carbonyl (C=O) groups excluding carboxylic acids is 1. The first-order valence-corrected chi connectivity index (χ1v) is 9.81. The Morgan fingerprint density at radius 3 is 2.93 bits per heavy atom. The summed E-state index contributed by atoms with van der Waals surface area (Å²) in [7, 11) is 0. The van der Waals surface area contributed by atoms with Gasteiger partial charge >= 0.3 is 0 Å². The molecular formula is C22H25N5O. The van der Waals surface area contributed by atoms with Gasteiger partial charge in [-0.05, 0) is 56.1 Å². The number of carbonyl (C=O) groups is 1. The standard InChI is InChI=1S/C22H25N5O/c1-2-27-21(11-13-24-27)25-22(28)18-8-5-7-17(15-18)16-26-14-6-10-20(26)19-9-3-4-12-23-19/h3-5,7-9,11-13,15,20H,2,6,10,14,16H2,1H3,(H,25,28)/t20-/m1/s1. The molecule has 0 radical (unpaired) electrons. The zero-order valence-electron chi connectivity index (χ0n) is 16.1. The van der Waals surface area contributed by atoms with E-state index in [-0.39, 0.29) is 5.91 Å². The molecule has 28 heavy (non-hydrogen) atoms.